The van der Waals surface area contributed by atoms with E-state index in [0.717, 1.165) is 13.0 Å². The van der Waals surface area contributed by atoms with Crippen LogP contribution >= 0.6 is 0 Å². The summed E-state index contributed by atoms with van der Waals surface area (Å²) >= 11 is 0. The first kappa shape index (κ1) is 17.6. The van der Waals surface area contributed by atoms with Crippen molar-refractivity contribution in [1.82, 2.24) is 14.7 Å². The van der Waals surface area contributed by atoms with E-state index >= 15 is 0 Å². The Labute approximate surface area is 157 Å². The lowest BCUT2D eigenvalue weighted by atomic mass is 9.90. The number of fused-ring (bicyclic) bond motifs is 1. The van der Waals surface area contributed by atoms with Crippen molar-refractivity contribution in [2.45, 2.75) is 58.3 Å². The minimum absolute atomic E-state index is 0.614. The Hall–Kier alpha value is -1.81. The molecule has 4 nitrogen and oxygen atoms in total. The molecule has 1 aromatic carbocycles. The standard InChI is InChI=1S/C22H32N4/c1-3-17-8-10-19(11-9-17)26-22-20(7-5-6-14-23-22)21(24-26)18-12-15-25(4-2)16-13-18/h8-11,18,23H,3-7,12-16H2,1-2H3. The molecule has 1 fully saturated rings. The Kier molecular flexibility index (Phi) is 5.30. The second kappa shape index (κ2) is 7.83. The SMILES string of the molecule is CCc1ccc(-n2nc(C3CCN(CC)CC3)c3c2NCCCC3)cc1. The fraction of sp³-hybridized carbons (Fsp3) is 0.591. The van der Waals surface area contributed by atoms with Crippen molar-refractivity contribution in [3.8, 4) is 5.69 Å². The molecule has 0 aliphatic carbocycles. The number of piperidine rings is 1. The van der Waals surface area contributed by atoms with Crippen molar-refractivity contribution in [3.63, 3.8) is 0 Å². The predicted molar refractivity (Wildman–Crippen MR) is 108 cm³/mol. The third kappa shape index (κ3) is 3.39. The van der Waals surface area contributed by atoms with Gasteiger partial charge in [-0.15, -0.1) is 0 Å². The summed E-state index contributed by atoms with van der Waals surface area (Å²) in [6.45, 7) is 9.12. The minimum atomic E-state index is 0.614. The number of anilines is 1. The van der Waals surface area contributed by atoms with Gasteiger partial charge >= 0.3 is 0 Å². The fourth-order valence-electron chi connectivity index (χ4n) is 4.44. The van der Waals surface area contributed by atoms with Crippen LogP contribution in [0.3, 0.4) is 0 Å². The zero-order chi connectivity index (χ0) is 17.9. The van der Waals surface area contributed by atoms with E-state index < -0.39 is 0 Å². The van der Waals surface area contributed by atoms with E-state index in [-0.39, 0.29) is 0 Å². The third-order valence-electron chi connectivity index (χ3n) is 6.17. The average Bonchev–Trinajstić information content (AvgIpc) is 2.89. The van der Waals surface area contributed by atoms with Crippen molar-refractivity contribution >= 4 is 5.82 Å². The summed E-state index contributed by atoms with van der Waals surface area (Å²) in [6.07, 6.45) is 7.24. The number of hydrogen-bond donors (Lipinski definition) is 1. The van der Waals surface area contributed by atoms with Crippen molar-refractivity contribution in [2.24, 2.45) is 0 Å². The number of rotatable bonds is 4. The van der Waals surface area contributed by atoms with Gasteiger partial charge in [0.15, 0.2) is 0 Å². The van der Waals surface area contributed by atoms with Gasteiger partial charge in [-0.25, -0.2) is 4.68 Å². The second-order valence-corrected chi connectivity index (χ2v) is 7.74. The van der Waals surface area contributed by atoms with Crippen LogP contribution in [0.5, 0.6) is 0 Å². The lowest BCUT2D eigenvalue weighted by molar-refractivity contribution is 0.220. The van der Waals surface area contributed by atoms with Gasteiger partial charge in [0, 0.05) is 18.0 Å². The fourth-order valence-corrected chi connectivity index (χ4v) is 4.44. The molecule has 0 atom stereocenters. The van der Waals surface area contributed by atoms with Crippen molar-refractivity contribution < 1.29 is 0 Å². The van der Waals surface area contributed by atoms with Crippen LogP contribution in [0.15, 0.2) is 24.3 Å². The molecule has 0 radical (unpaired) electrons. The maximum absolute atomic E-state index is 5.17. The van der Waals surface area contributed by atoms with Gasteiger partial charge < -0.3 is 10.2 Å². The average molecular weight is 353 g/mol. The molecule has 0 spiro atoms. The molecule has 0 bridgehead atoms. The Morgan fingerprint density at radius 3 is 2.54 bits per heavy atom. The number of nitrogens with zero attached hydrogens (tertiary/aromatic N) is 3. The number of hydrogen-bond acceptors (Lipinski definition) is 3. The van der Waals surface area contributed by atoms with Crippen molar-refractivity contribution in [2.75, 3.05) is 31.5 Å². The van der Waals surface area contributed by atoms with Crippen molar-refractivity contribution in [1.29, 1.82) is 0 Å². The molecule has 26 heavy (non-hydrogen) atoms. The van der Waals surface area contributed by atoms with Gasteiger partial charge in [-0.2, -0.15) is 5.10 Å². The van der Waals surface area contributed by atoms with Crippen LogP contribution in [0, 0.1) is 0 Å². The van der Waals surface area contributed by atoms with Crippen LogP contribution in [0.4, 0.5) is 5.82 Å². The van der Waals surface area contributed by atoms with Crippen LogP contribution in [0.1, 0.15) is 62.3 Å². The summed E-state index contributed by atoms with van der Waals surface area (Å²) in [5.74, 6) is 1.86. The van der Waals surface area contributed by atoms with Gasteiger partial charge in [0.05, 0.1) is 11.4 Å². The number of nitrogens with one attached hydrogen (secondary N) is 1. The highest BCUT2D eigenvalue weighted by Gasteiger charge is 2.28. The molecule has 140 valence electrons. The number of aryl methyl sites for hydroxylation is 1. The molecular formula is C22H32N4. The quantitative estimate of drug-likeness (QED) is 0.886. The maximum atomic E-state index is 5.17. The number of likely N-dealkylation sites (tertiary alicyclic amines) is 1. The molecule has 2 aromatic rings. The number of benzene rings is 1. The van der Waals surface area contributed by atoms with E-state index in [1.165, 1.54) is 80.1 Å². The molecule has 1 saturated heterocycles. The van der Waals surface area contributed by atoms with Gasteiger partial charge in [-0.1, -0.05) is 26.0 Å². The maximum Gasteiger partial charge on any atom is 0.133 e. The summed E-state index contributed by atoms with van der Waals surface area (Å²) in [5, 5.41) is 8.86. The third-order valence-corrected chi connectivity index (χ3v) is 6.17. The lowest BCUT2D eigenvalue weighted by Gasteiger charge is -2.30. The summed E-state index contributed by atoms with van der Waals surface area (Å²) in [4.78, 5) is 2.56. The van der Waals surface area contributed by atoms with E-state index in [1.807, 2.05) is 0 Å². The topological polar surface area (TPSA) is 33.1 Å². The monoisotopic (exact) mass is 352 g/mol. The van der Waals surface area contributed by atoms with E-state index in [2.05, 4.69) is 53.0 Å². The highest BCUT2D eigenvalue weighted by molar-refractivity contribution is 5.55. The molecule has 1 N–H and O–H groups in total. The van der Waals surface area contributed by atoms with E-state index in [0.29, 0.717) is 5.92 Å². The van der Waals surface area contributed by atoms with Crippen LogP contribution in [-0.2, 0) is 12.8 Å². The highest BCUT2D eigenvalue weighted by atomic mass is 15.3. The first-order valence-corrected chi connectivity index (χ1v) is 10.5. The second-order valence-electron chi connectivity index (χ2n) is 7.74. The molecule has 0 amide bonds. The molecule has 2 aliphatic heterocycles. The summed E-state index contributed by atoms with van der Waals surface area (Å²) < 4.78 is 2.18. The summed E-state index contributed by atoms with van der Waals surface area (Å²) in [6, 6.07) is 8.92. The van der Waals surface area contributed by atoms with E-state index in [1.54, 1.807) is 0 Å². The van der Waals surface area contributed by atoms with Gasteiger partial charge in [0.2, 0.25) is 0 Å². The largest absolute Gasteiger partial charge is 0.370 e. The molecule has 4 heteroatoms. The van der Waals surface area contributed by atoms with Crippen LogP contribution in [0.25, 0.3) is 5.69 Å². The van der Waals surface area contributed by atoms with Gasteiger partial charge in [-0.3, -0.25) is 0 Å². The highest BCUT2D eigenvalue weighted by Crippen LogP contribution is 2.36. The first-order chi connectivity index (χ1) is 12.8. The van der Waals surface area contributed by atoms with E-state index in [4.69, 9.17) is 5.10 Å². The Bertz CT molecular complexity index is 723. The molecule has 4 rings (SSSR count). The molecule has 0 saturated carbocycles. The smallest absolute Gasteiger partial charge is 0.133 e. The summed E-state index contributed by atoms with van der Waals surface area (Å²) in [7, 11) is 0. The molecule has 0 unspecified atom stereocenters. The first-order valence-electron chi connectivity index (χ1n) is 10.5. The Balaban J connectivity index is 1.69. The van der Waals surface area contributed by atoms with Crippen LogP contribution in [0.2, 0.25) is 0 Å². The number of aromatic nitrogens is 2. The van der Waals surface area contributed by atoms with Crippen molar-refractivity contribution in [3.05, 3.63) is 41.1 Å². The van der Waals surface area contributed by atoms with Crippen LogP contribution < -0.4 is 5.32 Å². The van der Waals surface area contributed by atoms with Crippen LogP contribution in [-0.4, -0.2) is 40.9 Å². The molecule has 1 aromatic heterocycles. The lowest BCUT2D eigenvalue weighted by Crippen LogP contribution is -2.33. The Morgan fingerprint density at radius 2 is 1.85 bits per heavy atom. The zero-order valence-electron chi connectivity index (χ0n) is 16.3. The normalized spacial score (nSPS) is 19.0. The van der Waals surface area contributed by atoms with E-state index in [9.17, 15) is 0 Å². The van der Waals surface area contributed by atoms with Gasteiger partial charge in [-0.05, 0) is 75.9 Å². The molecule has 3 heterocycles. The van der Waals surface area contributed by atoms with Gasteiger partial charge in [0.25, 0.3) is 0 Å². The van der Waals surface area contributed by atoms with Gasteiger partial charge in [0.1, 0.15) is 5.82 Å². The molecule has 2 aliphatic rings. The predicted octanol–water partition coefficient (Wildman–Crippen LogP) is 4.38. The summed E-state index contributed by atoms with van der Waals surface area (Å²) in [5.41, 5.74) is 5.42. The molecular weight excluding hydrogens is 320 g/mol. The minimum Gasteiger partial charge on any atom is -0.370 e. The zero-order valence-corrected chi connectivity index (χ0v) is 16.3. The Morgan fingerprint density at radius 1 is 1.08 bits per heavy atom.